The molecule has 1 amide bonds. The largest absolute Gasteiger partial charge is 0.342 e. The molecule has 0 bridgehead atoms. The number of hydrogen-bond donors (Lipinski definition) is 0. The predicted octanol–water partition coefficient (Wildman–Crippen LogP) is 2.51. The maximum atomic E-state index is 13.2. The van der Waals surface area contributed by atoms with Crippen LogP contribution >= 0.6 is 0 Å². The molecule has 1 aromatic carbocycles. The summed E-state index contributed by atoms with van der Waals surface area (Å²) in [5, 5.41) is 0. The van der Waals surface area contributed by atoms with Crippen LogP contribution in [0.4, 0.5) is 4.39 Å². The van der Waals surface area contributed by atoms with Gasteiger partial charge in [-0.25, -0.2) is 4.39 Å². The SMILES string of the molecule is O=C1CC(C(=O)N2CCCCC2)c2ccc(F)cc21. The molecule has 1 atom stereocenters. The van der Waals surface area contributed by atoms with Gasteiger partial charge in [-0.05, 0) is 37.0 Å². The molecule has 1 aliphatic carbocycles. The van der Waals surface area contributed by atoms with Crippen molar-refractivity contribution in [2.24, 2.45) is 0 Å². The van der Waals surface area contributed by atoms with E-state index in [-0.39, 0.29) is 18.1 Å². The van der Waals surface area contributed by atoms with E-state index in [1.54, 1.807) is 6.07 Å². The molecule has 0 aromatic heterocycles. The second kappa shape index (κ2) is 4.76. The van der Waals surface area contributed by atoms with E-state index in [4.69, 9.17) is 0 Å². The van der Waals surface area contributed by atoms with E-state index in [1.807, 2.05) is 4.90 Å². The number of ketones is 1. The Bertz CT molecular complexity index is 535. The van der Waals surface area contributed by atoms with Gasteiger partial charge in [-0.1, -0.05) is 6.07 Å². The van der Waals surface area contributed by atoms with Gasteiger partial charge < -0.3 is 4.90 Å². The molecule has 1 aliphatic heterocycles. The van der Waals surface area contributed by atoms with E-state index in [0.717, 1.165) is 32.4 Å². The van der Waals surface area contributed by atoms with Crippen molar-refractivity contribution in [3.8, 4) is 0 Å². The van der Waals surface area contributed by atoms with Gasteiger partial charge in [0.15, 0.2) is 5.78 Å². The maximum Gasteiger partial charge on any atom is 0.230 e. The lowest BCUT2D eigenvalue weighted by molar-refractivity contribution is -0.133. The van der Waals surface area contributed by atoms with E-state index >= 15 is 0 Å². The van der Waals surface area contributed by atoms with Crippen LogP contribution in [-0.4, -0.2) is 29.7 Å². The van der Waals surface area contributed by atoms with Crippen LogP contribution in [0.5, 0.6) is 0 Å². The number of amides is 1. The molecule has 3 nitrogen and oxygen atoms in total. The molecular weight excluding hydrogens is 245 g/mol. The smallest absolute Gasteiger partial charge is 0.230 e. The molecule has 1 aromatic rings. The fourth-order valence-electron chi connectivity index (χ4n) is 3.03. The maximum absolute atomic E-state index is 13.2. The summed E-state index contributed by atoms with van der Waals surface area (Å²) in [7, 11) is 0. The molecule has 0 N–H and O–H groups in total. The minimum absolute atomic E-state index is 0.0263. The number of nitrogens with zero attached hydrogens (tertiary/aromatic N) is 1. The normalized spacial score (nSPS) is 22.5. The molecule has 1 unspecified atom stereocenters. The predicted molar refractivity (Wildman–Crippen MR) is 68.5 cm³/mol. The van der Waals surface area contributed by atoms with Gasteiger partial charge >= 0.3 is 0 Å². The molecule has 1 saturated heterocycles. The molecule has 1 fully saturated rings. The Balaban J connectivity index is 1.87. The van der Waals surface area contributed by atoms with Crippen LogP contribution in [0.2, 0.25) is 0 Å². The molecule has 0 saturated carbocycles. The second-order valence-electron chi connectivity index (χ2n) is 5.30. The van der Waals surface area contributed by atoms with Crippen LogP contribution in [0.15, 0.2) is 18.2 Å². The number of benzene rings is 1. The lowest BCUT2D eigenvalue weighted by Gasteiger charge is -2.29. The second-order valence-corrected chi connectivity index (χ2v) is 5.30. The number of rotatable bonds is 1. The Morgan fingerprint density at radius 3 is 2.68 bits per heavy atom. The van der Waals surface area contributed by atoms with Crippen molar-refractivity contribution in [1.29, 1.82) is 0 Å². The van der Waals surface area contributed by atoms with Crippen LogP contribution < -0.4 is 0 Å². The zero-order chi connectivity index (χ0) is 13.4. The fraction of sp³-hybridized carbons (Fsp3) is 0.467. The summed E-state index contributed by atoms with van der Waals surface area (Å²) >= 11 is 0. The molecule has 19 heavy (non-hydrogen) atoms. The average Bonchev–Trinajstić information content (AvgIpc) is 2.76. The molecule has 3 rings (SSSR count). The number of piperidine rings is 1. The third-order valence-electron chi connectivity index (χ3n) is 4.05. The van der Waals surface area contributed by atoms with Gasteiger partial charge in [0.25, 0.3) is 0 Å². The molecule has 0 radical (unpaired) electrons. The van der Waals surface area contributed by atoms with E-state index < -0.39 is 11.7 Å². The molecule has 0 spiro atoms. The quantitative estimate of drug-likeness (QED) is 0.779. The number of carbonyl (C=O) groups is 2. The molecule has 100 valence electrons. The Labute approximate surface area is 111 Å². The minimum atomic E-state index is -0.418. The van der Waals surface area contributed by atoms with E-state index in [2.05, 4.69) is 0 Å². The van der Waals surface area contributed by atoms with Crippen molar-refractivity contribution in [2.75, 3.05) is 13.1 Å². The summed E-state index contributed by atoms with van der Waals surface area (Å²) in [6, 6.07) is 4.16. The first-order valence-electron chi connectivity index (χ1n) is 6.78. The Kier molecular flexibility index (Phi) is 3.09. The van der Waals surface area contributed by atoms with E-state index in [1.165, 1.54) is 12.1 Å². The summed E-state index contributed by atoms with van der Waals surface area (Å²) in [6.07, 6.45) is 3.41. The highest BCUT2D eigenvalue weighted by Crippen LogP contribution is 2.35. The minimum Gasteiger partial charge on any atom is -0.342 e. The number of carbonyl (C=O) groups excluding carboxylic acids is 2. The van der Waals surface area contributed by atoms with Crippen molar-refractivity contribution < 1.29 is 14.0 Å². The Morgan fingerprint density at radius 2 is 1.95 bits per heavy atom. The van der Waals surface area contributed by atoms with Gasteiger partial charge in [-0.2, -0.15) is 0 Å². The Morgan fingerprint density at radius 1 is 1.21 bits per heavy atom. The van der Waals surface area contributed by atoms with Crippen molar-refractivity contribution in [3.05, 3.63) is 35.1 Å². The third kappa shape index (κ3) is 2.15. The number of Topliss-reactive ketones (excluding diaryl/α,β-unsaturated/α-hetero) is 1. The van der Waals surface area contributed by atoms with Gasteiger partial charge in [-0.15, -0.1) is 0 Å². The van der Waals surface area contributed by atoms with Gasteiger partial charge in [0.05, 0.1) is 5.92 Å². The van der Waals surface area contributed by atoms with E-state index in [0.29, 0.717) is 11.1 Å². The number of fused-ring (bicyclic) bond motifs is 1. The van der Waals surface area contributed by atoms with Crippen LogP contribution in [-0.2, 0) is 4.79 Å². The Hall–Kier alpha value is -1.71. The van der Waals surface area contributed by atoms with Crippen molar-refractivity contribution in [3.63, 3.8) is 0 Å². The summed E-state index contributed by atoms with van der Waals surface area (Å²) in [5.74, 6) is -0.914. The number of likely N-dealkylation sites (tertiary alicyclic amines) is 1. The molecule has 1 heterocycles. The fourth-order valence-corrected chi connectivity index (χ4v) is 3.03. The highest BCUT2D eigenvalue weighted by Gasteiger charge is 2.36. The van der Waals surface area contributed by atoms with Crippen LogP contribution in [0.3, 0.4) is 0 Å². The monoisotopic (exact) mass is 261 g/mol. The topological polar surface area (TPSA) is 37.4 Å². The van der Waals surface area contributed by atoms with Crippen LogP contribution in [0.25, 0.3) is 0 Å². The highest BCUT2D eigenvalue weighted by atomic mass is 19.1. The summed E-state index contributed by atoms with van der Waals surface area (Å²) in [5.41, 5.74) is 1.08. The highest BCUT2D eigenvalue weighted by molar-refractivity contribution is 6.06. The number of halogens is 1. The zero-order valence-electron chi connectivity index (χ0n) is 10.7. The molecule has 2 aliphatic rings. The van der Waals surface area contributed by atoms with Gasteiger partial charge in [0.1, 0.15) is 5.82 Å². The zero-order valence-corrected chi connectivity index (χ0v) is 10.7. The van der Waals surface area contributed by atoms with Gasteiger partial charge in [-0.3, -0.25) is 9.59 Å². The van der Waals surface area contributed by atoms with Crippen molar-refractivity contribution >= 4 is 11.7 Å². The number of hydrogen-bond acceptors (Lipinski definition) is 2. The first kappa shape index (κ1) is 12.3. The molecular formula is C15H16FNO2. The van der Waals surface area contributed by atoms with E-state index in [9.17, 15) is 14.0 Å². The van der Waals surface area contributed by atoms with Gasteiger partial charge in [0, 0.05) is 25.1 Å². The summed E-state index contributed by atoms with van der Waals surface area (Å²) < 4.78 is 13.2. The lowest BCUT2D eigenvalue weighted by Crippen LogP contribution is -2.38. The first-order chi connectivity index (χ1) is 9.16. The van der Waals surface area contributed by atoms with Crippen molar-refractivity contribution in [1.82, 2.24) is 4.90 Å². The molecule has 4 heteroatoms. The summed E-state index contributed by atoms with van der Waals surface area (Å²) in [4.78, 5) is 26.2. The first-order valence-corrected chi connectivity index (χ1v) is 6.78. The van der Waals surface area contributed by atoms with Gasteiger partial charge in [0.2, 0.25) is 5.91 Å². The third-order valence-corrected chi connectivity index (χ3v) is 4.05. The van der Waals surface area contributed by atoms with Crippen LogP contribution in [0, 0.1) is 5.82 Å². The lowest BCUT2D eigenvalue weighted by atomic mass is 9.98. The summed E-state index contributed by atoms with van der Waals surface area (Å²) in [6.45, 7) is 1.56. The standard InChI is InChI=1S/C15H16FNO2/c16-10-4-5-11-12(8-10)14(18)9-13(11)15(19)17-6-2-1-3-7-17/h4-5,8,13H,1-3,6-7,9H2. The van der Waals surface area contributed by atoms with Crippen LogP contribution in [0.1, 0.15) is 47.5 Å². The van der Waals surface area contributed by atoms with Crippen molar-refractivity contribution in [2.45, 2.75) is 31.6 Å². The average molecular weight is 261 g/mol.